The summed E-state index contributed by atoms with van der Waals surface area (Å²) in [6.07, 6.45) is 2.94. The lowest BCUT2D eigenvalue weighted by atomic mass is 9.66. The summed E-state index contributed by atoms with van der Waals surface area (Å²) in [5, 5.41) is 10.5. The largest absolute Gasteiger partial charge is 0.502 e. The third kappa shape index (κ3) is 6.06. The topological polar surface area (TPSA) is 178 Å². The number of imide groups is 1. The summed E-state index contributed by atoms with van der Waals surface area (Å²) in [6, 6.07) is 4.38. The first-order valence-corrected chi connectivity index (χ1v) is 19.7. The summed E-state index contributed by atoms with van der Waals surface area (Å²) in [5.41, 5.74) is -3.30. The van der Waals surface area contributed by atoms with Crippen molar-refractivity contribution in [2.75, 3.05) is 33.3 Å². The van der Waals surface area contributed by atoms with Crippen molar-refractivity contribution in [2.45, 2.75) is 41.7 Å². The first-order valence-electron chi connectivity index (χ1n) is 19.0. The Morgan fingerprint density at radius 1 is 0.812 bits per heavy atom. The van der Waals surface area contributed by atoms with E-state index in [9.17, 15) is 42.3 Å². The van der Waals surface area contributed by atoms with Crippen LogP contribution in [0, 0.1) is 35.0 Å². The van der Waals surface area contributed by atoms with Crippen LogP contribution in [-0.2, 0) is 36.1 Å². The number of ether oxygens (including phenoxy) is 4. The van der Waals surface area contributed by atoms with Crippen LogP contribution < -0.4 is 40.8 Å². The van der Waals surface area contributed by atoms with Crippen molar-refractivity contribution in [3.8, 4) is 28.7 Å². The maximum Gasteiger partial charge on any atom is 0.347 e. The highest BCUT2D eigenvalue weighted by Gasteiger charge is 2.75. The molecule has 2 amide bonds. The molecule has 16 nitrogen and oxygen atoms in total. The quantitative estimate of drug-likeness (QED) is 0.0522. The van der Waals surface area contributed by atoms with E-state index >= 15 is 8.78 Å². The number of aromatic nitrogens is 5. The molecule has 5 aromatic rings. The highest BCUT2D eigenvalue weighted by molar-refractivity contribution is 6.58. The summed E-state index contributed by atoms with van der Waals surface area (Å²) < 4.78 is 99.4. The normalized spacial score (nSPS) is 21.6. The van der Waals surface area contributed by atoms with Gasteiger partial charge in [-0.3, -0.25) is 14.4 Å². The minimum atomic E-state index is -2.81. The van der Waals surface area contributed by atoms with E-state index in [0.29, 0.717) is 22.5 Å². The van der Waals surface area contributed by atoms with Crippen molar-refractivity contribution in [3.63, 3.8) is 0 Å². The fourth-order valence-corrected chi connectivity index (χ4v) is 9.49. The molecule has 336 valence electrons. The van der Waals surface area contributed by atoms with Crippen molar-refractivity contribution < 1.29 is 55.6 Å². The summed E-state index contributed by atoms with van der Waals surface area (Å²) in [4.78, 5) is 69.4. The fraction of sp³-hybridized carbons (Fsp3) is 0.317. The molecular formula is C41H33Cl2F5N6O10. The number of hydrogen-bond acceptors (Lipinski definition) is 11. The van der Waals surface area contributed by atoms with E-state index in [-0.39, 0.29) is 51.9 Å². The van der Waals surface area contributed by atoms with Crippen LogP contribution in [-0.4, -0.2) is 78.6 Å². The van der Waals surface area contributed by atoms with Gasteiger partial charge < -0.3 is 28.6 Å². The van der Waals surface area contributed by atoms with Crippen LogP contribution in [0.2, 0.25) is 0 Å². The highest BCUT2D eigenvalue weighted by atomic mass is 35.5. The summed E-state index contributed by atoms with van der Waals surface area (Å²) in [7, 11) is 6.84. The van der Waals surface area contributed by atoms with Crippen LogP contribution in [0.4, 0.5) is 27.6 Å². The number of aryl methyl sites for hydroxylation is 2. The van der Waals surface area contributed by atoms with E-state index in [1.54, 1.807) is 12.1 Å². The van der Waals surface area contributed by atoms with Crippen LogP contribution in [0.25, 0.3) is 17.1 Å². The number of aromatic hydroxyl groups is 1. The molecule has 1 saturated heterocycles. The van der Waals surface area contributed by atoms with Gasteiger partial charge in [-0.25, -0.2) is 55.4 Å². The Hall–Kier alpha value is -6.61. The summed E-state index contributed by atoms with van der Waals surface area (Å²) in [6.45, 7) is -0.736. The van der Waals surface area contributed by atoms with E-state index in [1.807, 2.05) is 0 Å². The van der Waals surface area contributed by atoms with Gasteiger partial charge in [0.1, 0.15) is 11.4 Å². The zero-order valence-corrected chi connectivity index (χ0v) is 35.5. The smallest absolute Gasteiger partial charge is 0.347 e. The molecule has 2 aromatic heterocycles. The first kappa shape index (κ1) is 44.0. The first-order chi connectivity index (χ1) is 30.3. The molecule has 1 N–H and O–H groups in total. The molecule has 1 saturated carbocycles. The van der Waals surface area contributed by atoms with Crippen LogP contribution in [0.5, 0.6) is 28.7 Å². The average molecular weight is 936 g/mol. The van der Waals surface area contributed by atoms with Crippen molar-refractivity contribution in [3.05, 3.63) is 114 Å². The number of hydrogen-bond donors (Lipinski definition) is 1. The molecule has 4 atom stereocenters. The number of carbonyl (C=O) groups is 2. The van der Waals surface area contributed by atoms with Gasteiger partial charge in [-0.15, -0.1) is 23.2 Å². The van der Waals surface area contributed by atoms with Gasteiger partial charge in [0.15, 0.2) is 56.0 Å². The van der Waals surface area contributed by atoms with E-state index < -0.39 is 98.2 Å². The summed E-state index contributed by atoms with van der Waals surface area (Å²) in [5.74, 6) is -17.4. The third-order valence-corrected chi connectivity index (χ3v) is 13.3. The monoisotopic (exact) mass is 934 g/mol. The van der Waals surface area contributed by atoms with Gasteiger partial charge in [0.05, 0.1) is 52.1 Å². The lowest BCUT2D eigenvalue weighted by molar-refractivity contribution is -0.122. The molecule has 0 bridgehead atoms. The molecular weight excluding hydrogens is 902 g/mol. The standard InChI is InChI=1S/C41H33Cl2F5N6O10/c1-50-22-15-25(62-3)24(61-2)14-21(22)49-20(35(50)56)9-10-51-38(59)52-11-8-18-19(7-6-17-12-26(63-4)34(55)27(13-17)64-5)41(43)37(58)53(33-31(47)29(45)28(44)30(46)32(33)48)36(57)40(41,42)16-23(18)54(52)39(51)60/h6-8,12-15,19,23,55H,9-11,16H2,1-5H3/t19-,23+,40+,41-/m0/s1. The molecule has 8 rings (SSSR count). The van der Waals surface area contributed by atoms with Gasteiger partial charge >= 0.3 is 11.4 Å². The SMILES string of the molecule is COc1cc2nc(CCn3c(=O)n4n(c3=O)[C@@H]3C[C@@]5(Cl)C(=O)N(c6c(F)c(F)c(F)c(F)c6F)C(=O)[C@@]5(Cl)[C@@H](C=Cc5cc(OC)c(O)c(OC)c5)C3=CC4)c(=O)n(C)c2cc1OC. The number of allylic oxidation sites excluding steroid dienone is 3. The number of benzene rings is 3. The van der Waals surface area contributed by atoms with E-state index in [2.05, 4.69) is 4.98 Å². The molecule has 3 aromatic carbocycles. The minimum absolute atomic E-state index is 0.0261. The van der Waals surface area contributed by atoms with Crippen molar-refractivity contribution >= 4 is 57.8 Å². The second kappa shape index (κ2) is 15.6. The molecule has 4 heterocycles. The Morgan fingerprint density at radius 3 is 1.98 bits per heavy atom. The number of rotatable bonds is 10. The average Bonchev–Trinajstić information content (AvgIpc) is 3.61. The molecule has 64 heavy (non-hydrogen) atoms. The molecule has 1 aliphatic carbocycles. The van der Waals surface area contributed by atoms with Crippen LogP contribution in [0.3, 0.4) is 0 Å². The highest BCUT2D eigenvalue weighted by Crippen LogP contribution is 2.61. The number of amides is 2. The van der Waals surface area contributed by atoms with Gasteiger partial charge in [-0.2, -0.15) is 0 Å². The second-order valence-electron chi connectivity index (χ2n) is 14.9. The molecule has 2 fully saturated rings. The minimum Gasteiger partial charge on any atom is -0.502 e. The number of anilines is 1. The number of fused-ring (bicyclic) bond motifs is 5. The predicted molar refractivity (Wildman–Crippen MR) is 218 cm³/mol. The maximum absolute atomic E-state index is 15.4. The number of phenols is 1. The molecule has 0 unspecified atom stereocenters. The van der Waals surface area contributed by atoms with E-state index in [4.69, 9.17) is 42.1 Å². The Morgan fingerprint density at radius 2 is 1.39 bits per heavy atom. The zero-order valence-electron chi connectivity index (χ0n) is 34.0. The van der Waals surface area contributed by atoms with Crippen molar-refractivity contribution in [1.82, 2.24) is 23.5 Å². The number of phenolic OH excluding ortho intramolecular Hbond substituents is 1. The molecule has 0 radical (unpaired) electrons. The van der Waals surface area contributed by atoms with E-state index in [1.165, 1.54) is 70.4 Å². The van der Waals surface area contributed by atoms with Gasteiger partial charge in [-0.1, -0.05) is 18.2 Å². The number of halogens is 7. The predicted octanol–water partition coefficient (Wildman–Crippen LogP) is 4.48. The van der Waals surface area contributed by atoms with Gasteiger partial charge in [-0.05, 0) is 23.3 Å². The lowest BCUT2D eigenvalue weighted by Gasteiger charge is -2.47. The summed E-state index contributed by atoms with van der Waals surface area (Å²) >= 11 is 14.3. The number of alkyl halides is 2. The van der Waals surface area contributed by atoms with Crippen LogP contribution in [0.1, 0.15) is 23.7 Å². The van der Waals surface area contributed by atoms with Crippen LogP contribution in [0.15, 0.2) is 56.4 Å². The Balaban J connectivity index is 1.25. The van der Waals surface area contributed by atoms with Crippen LogP contribution >= 0.6 is 23.2 Å². The van der Waals surface area contributed by atoms with Crippen molar-refractivity contribution in [1.29, 1.82) is 0 Å². The Kier molecular flexibility index (Phi) is 10.7. The van der Waals surface area contributed by atoms with Gasteiger partial charge in [0.2, 0.25) is 11.6 Å². The number of nitrogens with zero attached hydrogens (tertiary/aromatic N) is 6. The van der Waals surface area contributed by atoms with Crippen molar-refractivity contribution in [2.24, 2.45) is 13.0 Å². The van der Waals surface area contributed by atoms with Gasteiger partial charge in [0.25, 0.3) is 17.4 Å². The Bertz CT molecular complexity index is 3080. The fourth-order valence-electron chi connectivity index (χ4n) is 8.62. The van der Waals surface area contributed by atoms with Gasteiger partial charge in [0, 0.05) is 44.5 Å². The number of carbonyl (C=O) groups excluding carboxylic acids is 2. The number of methoxy groups -OCH3 is 4. The maximum atomic E-state index is 15.4. The molecule has 0 spiro atoms. The zero-order chi connectivity index (χ0) is 46.5. The third-order valence-electron chi connectivity index (χ3n) is 11.8. The molecule has 3 aliphatic rings. The Labute approximate surface area is 366 Å². The lowest BCUT2D eigenvalue weighted by Crippen LogP contribution is -2.60. The van der Waals surface area contributed by atoms with E-state index in [0.717, 1.165) is 13.9 Å². The molecule has 23 heteroatoms. The molecule has 2 aliphatic heterocycles. The second-order valence-corrected chi connectivity index (χ2v) is 16.2.